The second-order valence-corrected chi connectivity index (χ2v) is 4.02. The third kappa shape index (κ3) is 7.08. The highest BCUT2D eigenvalue weighted by Gasteiger charge is 2.28. The maximum Gasteiger partial charge on any atom is 0.146 e. The fraction of sp³-hybridized carbons (Fsp3) is 0.846. The highest BCUT2D eigenvalue weighted by Crippen LogP contribution is 2.16. The summed E-state index contributed by atoms with van der Waals surface area (Å²) in [6.45, 7) is 5.95. The average molecular weight is 262 g/mol. The van der Waals surface area contributed by atoms with Crippen molar-refractivity contribution in [1.29, 1.82) is 0 Å². The maximum absolute atomic E-state index is 9.89. The van der Waals surface area contributed by atoms with E-state index in [1.807, 2.05) is 0 Å². The Hall–Kier alpha value is -0.460. The minimum absolute atomic E-state index is 0.106. The topological polar surface area (TPSA) is 57.2 Å². The normalized spacial score (nSPS) is 16.2. The summed E-state index contributed by atoms with van der Waals surface area (Å²) in [5.74, 6) is 0. The number of hydrogen-bond acceptors (Lipinski definition) is 5. The molecular formula is C13H26O5. The van der Waals surface area contributed by atoms with E-state index in [-0.39, 0.29) is 19.7 Å². The summed E-state index contributed by atoms with van der Waals surface area (Å²) in [5, 5.41) is 9.89. The van der Waals surface area contributed by atoms with E-state index in [1.54, 1.807) is 7.11 Å². The minimum atomic E-state index is -0.793. The Bertz CT molecular complexity index is 190. The molecule has 0 saturated heterocycles. The van der Waals surface area contributed by atoms with E-state index in [0.29, 0.717) is 0 Å². The molecule has 0 aromatic rings. The third-order valence-electron chi connectivity index (χ3n) is 2.57. The van der Waals surface area contributed by atoms with Crippen LogP contribution < -0.4 is 0 Å². The number of aliphatic hydroxyl groups excluding tert-OH is 1. The van der Waals surface area contributed by atoms with Gasteiger partial charge in [0.1, 0.15) is 25.8 Å². The van der Waals surface area contributed by atoms with Gasteiger partial charge in [0.25, 0.3) is 0 Å². The smallest absolute Gasteiger partial charge is 0.146 e. The Balaban J connectivity index is 4.52. The number of aliphatic hydroxyl groups is 1. The third-order valence-corrected chi connectivity index (χ3v) is 2.57. The van der Waals surface area contributed by atoms with Crippen LogP contribution in [0.1, 0.15) is 26.2 Å². The van der Waals surface area contributed by atoms with Gasteiger partial charge < -0.3 is 24.1 Å². The van der Waals surface area contributed by atoms with Gasteiger partial charge >= 0.3 is 0 Å². The Morgan fingerprint density at radius 2 is 1.78 bits per heavy atom. The lowest BCUT2D eigenvalue weighted by molar-refractivity contribution is -0.179. The first kappa shape index (κ1) is 17.5. The van der Waals surface area contributed by atoms with Crippen LogP contribution in [0.4, 0.5) is 0 Å². The molecule has 3 atom stereocenters. The summed E-state index contributed by atoms with van der Waals surface area (Å²) < 4.78 is 20.8. The lowest BCUT2D eigenvalue weighted by atomic mass is 10.0. The summed E-state index contributed by atoms with van der Waals surface area (Å²) in [6.07, 6.45) is 2.74. The zero-order valence-corrected chi connectivity index (χ0v) is 11.6. The number of ether oxygens (including phenoxy) is 4. The summed E-state index contributed by atoms with van der Waals surface area (Å²) >= 11 is 0. The molecule has 1 N–H and O–H groups in total. The predicted molar refractivity (Wildman–Crippen MR) is 69.2 cm³/mol. The van der Waals surface area contributed by atoms with Crippen molar-refractivity contribution in [3.63, 3.8) is 0 Å². The SMILES string of the molecule is C=CC(O)[C@H](OCOC)[C@H](CCCC)OCOC. The molecule has 0 fully saturated rings. The number of hydrogen-bond donors (Lipinski definition) is 1. The van der Waals surface area contributed by atoms with Crippen molar-refractivity contribution in [2.24, 2.45) is 0 Å². The standard InChI is InChI=1S/C13H26O5/c1-5-7-8-12(17-9-15-3)13(11(14)6-2)18-10-16-4/h6,11-14H,2,5,7-10H2,1,3-4H3/t11?,12-,13-/m0/s1. The first-order chi connectivity index (χ1) is 8.71. The monoisotopic (exact) mass is 262 g/mol. The van der Waals surface area contributed by atoms with Crippen molar-refractivity contribution in [2.45, 2.75) is 44.5 Å². The van der Waals surface area contributed by atoms with Crippen LogP contribution in [0.5, 0.6) is 0 Å². The van der Waals surface area contributed by atoms with E-state index in [2.05, 4.69) is 13.5 Å². The highest BCUT2D eigenvalue weighted by molar-refractivity contribution is 4.89. The fourth-order valence-electron chi connectivity index (χ4n) is 1.61. The molecule has 0 aromatic carbocycles. The van der Waals surface area contributed by atoms with Crippen LogP contribution in [0.3, 0.4) is 0 Å². The number of rotatable bonds is 12. The lowest BCUT2D eigenvalue weighted by Crippen LogP contribution is -2.41. The van der Waals surface area contributed by atoms with Crippen LogP contribution in [-0.4, -0.2) is 51.2 Å². The van der Waals surface area contributed by atoms with Crippen molar-refractivity contribution in [3.05, 3.63) is 12.7 Å². The number of methoxy groups -OCH3 is 2. The van der Waals surface area contributed by atoms with Crippen LogP contribution in [0.2, 0.25) is 0 Å². The van der Waals surface area contributed by atoms with Gasteiger partial charge in [-0.1, -0.05) is 25.8 Å². The Labute approximate surface area is 110 Å². The van der Waals surface area contributed by atoms with Gasteiger partial charge in [0, 0.05) is 14.2 Å². The second kappa shape index (κ2) is 11.6. The van der Waals surface area contributed by atoms with Gasteiger partial charge in [-0.25, -0.2) is 0 Å². The lowest BCUT2D eigenvalue weighted by Gasteiger charge is -2.29. The zero-order valence-electron chi connectivity index (χ0n) is 11.6. The fourth-order valence-corrected chi connectivity index (χ4v) is 1.61. The van der Waals surface area contributed by atoms with Gasteiger partial charge in [0.15, 0.2) is 0 Å². The highest BCUT2D eigenvalue weighted by atomic mass is 16.7. The molecular weight excluding hydrogens is 236 g/mol. The molecule has 0 amide bonds. The van der Waals surface area contributed by atoms with E-state index >= 15 is 0 Å². The predicted octanol–water partition coefficient (Wildman–Crippen LogP) is 1.70. The summed E-state index contributed by atoms with van der Waals surface area (Å²) in [6, 6.07) is 0. The van der Waals surface area contributed by atoms with Crippen molar-refractivity contribution in [3.8, 4) is 0 Å². The van der Waals surface area contributed by atoms with Gasteiger partial charge in [-0.15, -0.1) is 6.58 Å². The molecule has 108 valence electrons. The van der Waals surface area contributed by atoms with Crippen LogP contribution in [0.25, 0.3) is 0 Å². The second-order valence-electron chi connectivity index (χ2n) is 4.02. The van der Waals surface area contributed by atoms with E-state index in [4.69, 9.17) is 18.9 Å². The molecule has 0 saturated carbocycles. The Kier molecular flexibility index (Phi) is 11.3. The van der Waals surface area contributed by atoms with E-state index in [1.165, 1.54) is 13.2 Å². The van der Waals surface area contributed by atoms with Gasteiger partial charge in [-0.3, -0.25) is 0 Å². The quantitative estimate of drug-likeness (QED) is 0.428. The van der Waals surface area contributed by atoms with Crippen LogP contribution in [0.15, 0.2) is 12.7 Å². The minimum Gasteiger partial charge on any atom is -0.386 e. The molecule has 18 heavy (non-hydrogen) atoms. The van der Waals surface area contributed by atoms with E-state index in [0.717, 1.165) is 19.3 Å². The molecule has 0 aromatic heterocycles. The van der Waals surface area contributed by atoms with Crippen molar-refractivity contribution in [1.82, 2.24) is 0 Å². The molecule has 0 bridgehead atoms. The molecule has 5 nitrogen and oxygen atoms in total. The van der Waals surface area contributed by atoms with Crippen LogP contribution >= 0.6 is 0 Å². The van der Waals surface area contributed by atoms with Gasteiger partial charge in [-0.2, -0.15) is 0 Å². The summed E-state index contributed by atoms with van der Waals surface area (Å²) in [7, 11) is 3.10. The van der Waals surface area contributed by atoms with Gasteiger partial charge in [0.2, 0.25) is 0 Å². The van der Waals surface area contributed by atoms with Crippen molar-refractivity contribution >= 4 is 0 Å². The van der Waals surface area contributed by atoms with Crippen LogP contribution in [0, 0.1) is 0 Å². The number of unbranched alkanes of at least 4 members (excludes halogenated alkanes) is 1. The van der Waals surface area contributed by atoms with Gasteiger partial charge in [-0.05, 0) is 6.42 Å². The molecule has 0 aliphatic carbocycles. The summed E-state index contributed by atoms with van der Waals surface area (Å²) in [4.78, 5) is 0. The van der Waals surface area contributed by atoms with Crippen molar-refractivity contribution < 1.29 is 24.1 Å². The van der Waals surface area contributed by atoms with Crippen molar-refractivity contribution in [2.75, 3.05) is 27.8 Å². The Morgan fingerprint density at radius 1 is 1.17 bits per heavy atom. The molecule has 5 heteroatoms. The molecule has 0 aliphatic rings. The average Bonchev–Trinajstić information content (AvgIpc) is 2.40. The summed E-state index contributed by atoms with van der Waals surface area (Å²) in [5.41, 5.74) is 0. The molecule has 0 aliphatic heterocycles. The first-order valence-electron chi connectivity index (χ1n) is 6.22. The largest absolute Gasteiger partial charge is 0.386 e. The maximum atomic E-state index is 9.89. The first-order valence-corrected chi connectivity index (χ1v) is 6.22. The van der Waals surface area contributed by atoms with E-state index in [9.17, 15) is 5.11 Å². The molecule has 0 spiro atoms. The molecule has 1 unspecified atom stereocenters. The zero-order chi connectivity index (χ0) is 13.8. The molecule has 0 rings (SSSR count). The Morgan fingerprint density at radius 3 is 2.28 bits per heavy atom. The molecule has 0 radical (unpaired) electrons. The van der Waals surface area contributed by atoms with Crippen LogP contribution in [-0.2, 0) is 18.9 Å². The molecule has 0 heterocycles. The van der Waals surface area contributed by atoms with E-state index < -0.39 is 12.2 Å². The van der Waals surface area contributed by atoms with Gasteiger partial charge in [0.05, 0.1) is 6.10 Å².